The van der Waals surface area contributed by atoms with Crippen LogP contribution in [0.1, 0.15) is 13.3 Å². The van der Waals surface area contributed by atoms with Gasteiger partial charge in [0.2, 0.25) is 0 Å². The summed E-state index contributed by atoms with van der Waals surface area (Å²) < 4.78 is 6.25. The fourth-order valence-corrected chi connectivity index (χ4v) is 1.65. The number of nitrogens with zero attached hydrogens (tertiary/aromatic N) is 2. The first-order valence-corrected chi connectivity index (χ1v) is 6.10. The van der Waals surface area contributed by atoms with Crippen molar-refractivity contribution in [3.63, 3.8) is 0 Å². The summed E-state index contributed by atoms with van der Waals surface area (Å²) in [5, 5.41) is 7.31. The minimum Gasteiger partial charge on any atom is -0.385 e. The van der Waals surface area contributed by atoms with Crippen LogP contribution in [0.4, 0.5) is 5.69 Å². The lowest BCUT2D eigenvalue weighted by atomic mass is 10.2. The molecule has 100 valence electrons. The van der Waals surface area contributed by atoms with E-state index in [2.05, 4.69) is 17.0 Å². The Bertz CT molecular complexity index is 459. The minimum absolute atomic E-state index is 0.149. The summed E-state index contributed by atoms with van der Waals surface area (Å²) in [5.74, 6) is 0. The minimum atomic E-state index is -0.319. The van der Waals surface area contributed by atoms with Crippen molar-refractivity contribution < 1.29 is 4.74 Å². The quantitative estimate of drug-likeness (QED) is 0.770. The third-order valence-electron chi connectivity index (χ3n) is 2.44. The van der Waals surface area contributed by atoms with Crippen molar-refractivity contribution >= 4 is 17.3 Å². The molecule has 5 nitrogen and oxygen atoms in total. The summed E-state index contributed by atoms with van der Waals surface area (Å²) in [4.78, 5) is 11.8. The van der Waals surface area contributed by atoms with Gasteiger partial charge in [-0.2, -0.15) is 5.10 Å². The van der Waals surface area contributed by atoms with Crippen LogP contribution in [0.25, 0.3) is 0 Å². The molecule has 0 bridgehead atoms. The summed E-state index contributed by atoms with van der Waals surface area (Å²) in [6, 6.07) is 0.152. The van der Waals surface area contributed by atoms with E-state index in [9.17, 15) is 4.79 Å². The van der Waals surface area contributed by atoms with Gasteiger partial charge < -0.3 is 10.1 Å². The largest absolute Gasteiger partial charge is 0.385 e. The van der Waals surface area contributed by atoms with Gasteiger partial charge in [0.15, 0.2) is 0 Å². The monoisotopic (exact) mass is 271 g/mol. The molecule has 0 fully saturated rings. The van der Waals surface area contributed by atoms with Gasteiger partial charge in [0.1, 0.15) is 5.02 Å². The molecule has 1 unspecified atom stereocenters. The first-order valence-electron chi connectivity index (χ1n) is 5.72. The van der Waals surface area contributed by atoms with Crippen LogP contribution in [0, 0.1) is 0 Å². The lowest BCUT2D eigenvalue weighted by molar-refractivity contribution is 0.191. The van der Waals surface area contributed by atoms with Gasteiger partial charge in [-0.3, -0.25) is 4.79 Å². The van der Waals surface area contributed by atoms with Crippen molar-refractivity contribution in [2.45, 2.75) is 25.9 Å². The van der Waals surface area contributed by atoms with Crippen LogP contribution in [0.5, 0.6) is 0 Å². The maximum absolute atomic E-state index is 11.8. The van der Waals surface area contributed by atoms with Crippen molar-refractivity contribution in [3.8, 4) is 0 Å². The molecule has 0 aliphatic carbocycles. The van der Waals surface area contributed by atoms with E-state index >= 15 is 0 Å². The van der Waals surface area contributed by atoms with Crippen LogP contribution in [-0.4, -0.2) is 29.5 Å². The van der Waals surface area contributed by atoms with Crippen LogP contribution < -0.4 is 10.9 Å². The molecule has 0 aromatic carbocycles. The zero-order chi connectivity index (χ0) is 13.5. The highest BCUT2D eigenvalue weighted by atomic mass is 35.5. The second-order valence-corrected chi connectivity index (χ2v) is 4.35. The molecule has 1 aromatic heterocycles. The lowest BCUT2D eigenvalue weighted by Crippen LogP contribution is -2.25. The van der Waals surface area contributed by atoms with Gasteiger partial charge >= 0.3 is 0 Å². The van der Waals surface area contributed by atoms with E-state index < -0.39 is 0 Å². The first kappa shape index (κ1) is 14.7. The predicted molar refractivity (Wildman–Crippen MR) is 73.3 cm³/mol. The number of nitrogens with one attached hydrogen (secondary N) is 1. The average Bonchev–Trinajstić information content (AvgIpc) is 2.36. The van der Waals surface area contributed by atoms with Gasteiger partial charge in [-0.25, -0.2) is 4.68 Å². The fourth-order valence-electron chi connectivity index (χ4n) is 1.45. The molecule has 18 heavy (non-hydrogen) atoms. The van der Waals surface area contributed by atoms with Crippen LogP contribution in [0.3, 0.4) is 0 Å². The number of rotatable bonds is 7. The number of hydrogen-bond donors (Lipinski definition) is 1. The SMILES string of the molecule is C=CCn1ncc(NC(C)CCOC)c(Cl)c1=O. The highest BCUT2D eigenvalue weighted by Gasteiger charge is 2.10. The molecular formula is C12H18ClN3O2. The Morgan fingerprint density at radius 1 is 1.72 bits per heavy atom. The summed E-state index contributed by atoms with van der Waals surface area (Å²) in [6.07, 6.45) is 3.97. The summed E-state index contributed by atoms with van der Waals surface area (Å²) in [7, 11) is 1.65. The molecule has 1 heterocycles. The molecule has 1 atom stereocenters. The Kier molecular flexibility index (Phi) is 5.88. The number of ether oxygens (including phenoxy) is 1. The Morgan fingerprint density at radius 3 is 3.06 bits per heavy atom. The maximum atomic E-state index is 11.8. The third kappa shape index (κ3) is 3.85. The van der Waals surface area contributed by atoms with E-state index in [1.807, 2.05) is 6.92 Å². The normalized spacial score (nSPS) is 12.2. The molecule has 1 N–H and O–H groups in total. The van der Waals surface area contributed by atoms with Crippen molar-refractivity contribution in [3.05, 3.63) is 34.2 Å². The fraction of sp³-hybridized carbons (Fsp3) is 0.500. The zero-order valence-electron chi connectivity index (χ0n) is 10.6. The number of allylic oxidation sites excluding steroid dienone is 1. The number of anilines is 1. The molecule has 0 aliphatic rings. The van der Waals surface area contributed by atoms with Gasteiger partial charge in [0.25, 0.3) is 5.56 Å². The average molecular weight is 272 g/mol. The third-order valence-corrected chi connectivity index (χ3v) is 2.81. The maximum Gasteiger partial charge on any atom is 0.287 e. The van der Waals surface area contributed by atoms with Gasteiger partial charge in [0, 0.05) is 19.8 Å². The molecule has 0 aliphatic heterocycles. The predicted octanol–water partition coefficient (Wildman–Crippen LogP) is 1.92. The Morgan fingerprint density at radius 2 is 2.44 bits per heavy atom. The zero-order valence-corrected chi connectivity index (χ0v) is 11.4. The standard InChI is InChI=1S/C12H18ClN3O2/c1-4-6-16-12(17)11(13)10(8-14-16)15-9(2)5-7-18-3/h4,8-9,15H,1,5-7H2,2-3H3. The summed E-state index contributed by atoms with van der Waals surface area (Å²) in [6.45, 7) is 6.54. The second kappa shape index (κ2) is 7.18. The van der Waals surface area contributed by atoms with Crippen molar-refractivity contribution in [2.24, 2.45) is 0 Å². The van der Waals surface area contributed by atoms with E-state index in [-0.39, 0.29) is 16.6 Å². The van der Waals surface area contributed by atoms with E-state index in [1.54, 1.807) is 19.4 Å². The van der Waals surface area contributed by atoms with Crippen LogP contribution >= 0.6 is 11.6 Å². The Labute approximate surface area is 111 Å². The molecule has 0 amide bonds. The molecule has 0 saturated carbocycles. The molecule has 1 rings (SSSR count). The van der Waals surface area contributed by atoms with Gasteiger partial charge in [-0.15, -0.1) is 6.58 Å². The first-order chi connectivity index (χ1) is 8.60. The van der Waals surface area contributed by atoms with E-state index in [4.69, 9.17) is 16.3 Å². The van der Waals surface area contributed by atoms with Gasteiger partial charge in [0.05, 0.1) is 18.4 Å². The lowest BCUT2D eigenvalue weighted by Gasteiger charge is -2.15. The molecule has 6 heteroatoms. The molecule has 0 saturated heterocycles. The second-order valence-electron chi connectivity index (χ2n) is 3.98. The van der Waals surface area contributed by atoms with Gasteiger partial charge in [-0.05, 0) is 13.3 Å². The smallest absolute Gasteiger partial charge is 0.287 e. The van der Waals surface area contributed by atoms with E-state index in [0.717, 1.165) is 6.42 Å². The van der Waals surface area contributed by atoms with Crippen molar-refractivity contribution in [2.75, 3.05) is 19.0 Å². The molecule has 1 aromatic rings. The summed E-state index contributed by atoms with van der Waals surface area (Å²) >= 11 is 6.01. The number of aromatic nitrogens is 2. The molecule has 0 radical (unpaired) electrons. The van der Waals surface area contributed by atoms with Crippen LogP contribution in [-0.2, 0) is 11.3 Å². The van der Waals surface area contributed by atoms with Crippen LogP contribution in [0.15, 0.2) is 23.6 Å². The highest BCUT2D eigenvalue weighted by Crippen LogP contribution is 2.16. The van der Waals surface area contributed by atoms with E-state index in [0.29, 0.717) is 18.8 Å². The van der Waals surface area contributed by atoms with Crippen molar-refractivity contribution in [1.29, 1.82) is 0 Å². The van der Waals surface area contributed by atoms with Crippen molar-refractivity contribution in [1.82, 2.24) is 9.78 Å². The molecular weight excluding hydrogens is 254 g/mol. The number of hydrogen-bond acceptors (Lipinski definition) is 4. The summed E-state index contributed by atoms with van der Waals surface area (Å²) in [5.41, 5.74) is 0.228. The number of halogens is 1. The Balaban J connectivity index is 2.82. The van der Waals surface area contributed by atoms with E-state index in [1.165, 1.54) is 4.68 Å². The highest BCUT2D eigenvalue weighted by molar-refractivity contribution is 6.32. The number of methoxy groups -OCH3 is 1. The Hall–Kier alpha value is -1.33. The molecule has 0 spiro atoms. The topological polar surface area (TPSA) is 56.1 Å². The van der Waals surface area contributed by atoms with Gasteiger partial charge in [-0.1, -0.05) is 17.7 Å². The van der Waals surface area contributed by atoms with Crippen LogP contribution in [0.2, 0.25) is 5.02 Å².